The van der Waals surface area contributed by atoms with Crippen LogP contribution in [0.4, 0.5) is 0 Å². The smallest absolute Gasteiger partial charge is 0.166 e. The molecule has 3 heteroatoms. The maximum absolute atomic E-state index is 11.7. The van der Waals surface area contributed by atoms with E-state index in [1.54, 1.807) is 0 Å². The molecule has 1 aliphatic rings. The average Bonchev–Trinajstić information content (AvgIpc) is 2.11. The molecular weight excluding hydrogens is 192 g/mol. The summed E-state index contributed by atoms with van der Waals surface area (Å²) in [7, 11) is 0. The Labute approximate surface area is 88.4 Å². The lowest BCUT2D eigenvalue weighted by molar-refractivity contribution is 0.0934. The van der Waals surface area contributed by atoms with Gasteiger partial charge < -0.3 is 10.2 Å². The van der Waals surface area contributed by atoms with E-state index in [1.807, 2.05) is 0 Å². The van der Waals surface area contributed by atoms with Crippen molar-refractivity contribution >= 4 is 5.78 Å². The largest absolute Gasteiger partial charge is 0.508 e. The van der Waals surface area contributed by atoms with Crippen LogP contribution in [-0.4, -0.2) is 16.0 Å². The number of ketones is 1. The minimum Gasteiger partial charge on any atom is -0.508 e. The summed E-state index contributed by atoms with van der Waals surface area (Å²) in [6, 6.07) is 4.10. The van der Waals surface area contributed by atoms with E-state index in [0.29, 0.717) is 17.9 Å². The Morgan fingerprint density at radius 3 is 2.60 bits per heavy atom. The fraction of sp³-hybridized carbons (Fsp3) is 0.417. The van der Waals surface area contributed by atoms with Gasteiger partial charge in [0.1, 0.15) is 11.5 Å². The van der Waals surface area contributed by atoms with Gasteiger partial charge in [-0.1, -0.05) is 19.3 Å². The second-order valence-electron chi connectivity index (χ2n) is 4.13. The first kappa shape index (κ1) is 10.0. The highest BCUT2D eigenvalue weighted by Crippen LogP contribution is 2.32. The van der Waals surface area contributed by atoms with E-state index in [4.69, 9.17) is 5.11 Å². The van der Waals surface area contributed by atoms with E-state index < -0.39 is 0 Å². The van der Waals surface area contributed by atoms with Gasteiger partial charge in [-0.15, -0.1) is 0 Å². The van der Waals surface area contributed by atoms with Gasteiger partial charge in [-0.25, -0.2) is 0 Å². The number of aromatic hydroxyl groups is 2. The second kappa shape index (κ2) is 3.93. The van der Waals surface area contributed by atoms with E-state index in [0.717, 1.165) is 12.8 Å². The van der Waals surface area contributed by atoms with Gasteiger partial charge >= 0.3 is 0 Å². The Kier molecular flexibility index (Phi) is 2.62. The van der Waals surface area contributed by atoms with Crippen LogP contribution in [0.15, 0.2) is 18.2 Å². The van der Waals surface area contributed by atoms with Gasteiger partial charge in [0.15, 0.2) is 5.78 Å². The number of hydrogen-bond acceptors (Lipinski definition) is 3. The first-order valence-corrected chi connectivity index (χ1v) is 5.22. The number of phenolic OH excluding ortho intramolecular Hbond substituents is 2. The molecule has 0 heterocycles. The van der Waals surface area contributed by atoms with Gasteiger partial charge in [0.25, 0.3) is 0 Å². The molecule has 0 amide bonds. The third-order valence-corrected chi connectivity index (χ3v) is 2.98. The van der Waals surface area contributed by atoms with Gasteiger partial charge in [-0.3, -0.25) is 4.79 Å². The van der Waals surface area contributed by atoms with Crippen molar-refractivity contribution < 1.29 is 15.0 Å². The molecule has 15 heavy (non-hydrogen) atoms. The monoisotopic (exact) mass is 206 g/mol. The zero-order valence-electron chi connectivity index (χ0n) is 8.44. The molecule has 0 radical (unpaired) electrons. The number of hydrogen-bond donors (Lipinski definition) is 2. The van der Waals surface area contributed by atoms with Crippen molar-refractivity contribution in [2.45, 2.75) is 25.7 Å². The van der Waals surface area contributed by atoms with Crippen LogP contribution in [0.3, 0.4) is 0 Å². The van der Waals surface area contributed by atoms with Crippen molar-refractivity contribution in [2.75, 3.05) is 0 Å². The number of Topliss-reactive ketones (excluding diaryl/α,β-unsaturated/α-hetero) is 1. The minimum atomic E-state index is -0.126. The third-order valence-electron chi connectivity index (χ3n) is 2.98. The van der Waals surface area contributed by atoms with E-state index in [2.05, 4.69) is 0 Å². The summed E-state index contributed by atoms with van der Waals surface area (Å²) in [4.78, 5) is 11.7. The molecule has 1 saturated carbocycles. The molecule has 1 aromatic carbocycles. The lowest BCUT2D eigenvalue weighted by Gasteiger charge is -2.24. The molecular formula is C12H14O3. The van der Waals surface area contributed by atoms with Gasteiger partial charge in [0.05, 0.1) is 5.56 Å². The fourth-order valence-electron chi connectivity index (χ4n) is 1.82. The van der Waals surface area contributed by atoms with Crippen LogP contribution in [-0.2, 0) is 0 Å². The maximum atomic E-state index is 11.7. The van der Waals surface area contributed by atoms with Crippen molar-refractivity contribution in [3.63, 3.8) is 0 Å². The molecule has 3 nitrogen and oxygen atoms in total. The van der Waals surface area contributed by atoms with E-state index in [9.17, 15) is 9.90 Å². The number of carbonyl (C=O) groups excluding carboxylic acids is 1. The van der Waals surface area contributed by atoms with Gasteiger partial charge in [0.2, 0.25) is 0 Å². The first-order valence-electron chi connectivity index (χ1n) is 5.22. The van der Waals surface area contributed by atoms with Crippen molar-refractivity contribution in [2.24, 2.45) is 5.92 Å². The zero-order chi connectivity index (χ0) is 10.8. The van der Waals surface area contributed by atoms with E-state index >= 15 is 0 Å². The molecule has 0 unspecified atom stereocenters. The van der Waals surface area contributed by atoms with Crippen LogP contribution in [0.25, 0.3) is 0 Å². The van der Waals surface area contributed by atoms with Crippen molar-refractivity contribution in [3.05, 3.63) is 23.8 Å². The number of phenols is 2. The Morgan fingerprint density at radius 2 is 2.07 bits per heavy atom. The van der Waals surface area contributed by atoms with Crippen LogP contribution < -0.4 is 0 Å². The maximum Gasteiger partial charge on any atom is 0.166 e. The van der Waals surface area contributed by atoms with Crippen LogP contribution in [0.2, 0.25) is 0 Å². The van der Waals surface area contributed by atoms with Crippen molar-refractivity contribution in [3.8, 4) is 11.5 Å². The Morgan fingerprint density at radius 1 is 1.33 bits per heavy atom. The van der Waals surface area contributed by atoms with Crippen molar-refractivity contribution in [1.82, 2.24) is 0 Å². The molecule has 0 bridgehead atoms. The van der Waals surface area contributed by atoms with Gasteiger partial charge in [-0.2, -0.15) is 0 Å². The van der Waals surface area contributed by atoms with Gasteiger partial charge in [-0.05, 0) is 18.1 Å². The normalized spacial score (nSPS) is 16.0. The molecule has 1 aromatic rings. The zero-order valence-corrected chi connectivity index (χ0v) is 8.44. The van der Waals surface area contributed by atoms with Crippen molar-refractivity contribution in [1.29, 1.82) is 0 Å². The van der Waals surface area contributed by atoms with Gasteiger partial charge in [0, 0.05) is 12.5 Å². The molecule has 0 atom stereocenters. The summed E-state index contributed by atoms with van der Waals surface area (Å²) in [5.41, 5.74) is 0.319. The lowest BCUT2D eigenvalue weighted by atomic mass is 9.81. The number of benzene rings is 1. The lowest BCUT2D eigenvalue weighted by Crippen LogP contribution is -2.15. The Balaban J connectivity index is 2.10. The molecule has 0 spiro atoms. The highest BCUT2D eigenvalue weighted by Gasteiger charge is 2.22. The first-order chi connectivity index (χ1) is 7.16. The standard InChI is InChI=1S/C12H14O3/c13-9-4-5-10(12(15)7-9)11(14)6-8-2-1-3-8/h4-5,7-8,13,15H,1-3,6H2. The molecule has 2 rings (SSSR count). The summed E-state index contributed by atoms with van der Waals surface area (Å²) in [6.07, 6.45) is 3.95. The third kappa shape index (κ3) is 2.12. The summed E-state index contributed by atoms with van der Waals surface area (Å²) in [6.45, 7) is 0. The number of carbonyl (C=O) groups is 1. The van der Waals surface area contributed by atoms with Crippen LogP contribution in [0.5, 0.6) is 11.5 Å². The fourth-order valence-corrected chi connectivity index (χ4v) is 1.82. The summed E-state index contributed by atoms with van der Waals surface area (Å²) < 4.78 is 0. The quantitative estimate of drug-likeness (QED) is 0.747. The SMILES string of the molecule is O=C(CC1CCC1)c1ccc(O)cc1O. The van der Waals surface area contributed by atoms with Crippen LogP contribution >= 0.6 is 0 Å². The molecule has 1 aliphatic carbocycles. The van der Waals surface area contributed by atoms with E-state index in [1.165, 1.54) is 24.6 Å². The number of rotatable bonds is 3. The van der Waals surface area contributed by atoms with E-state index in [-0.39, 0.29) is 17.3 Å². The molecule has 0 aliphatic heterocycles. The molecule has 0 saturated heterocycles. The highest BCUT2D eigenvalue weighted by molar-refractivity contribution is 5.98. The predicted molar refractivity (Wildman–Crippen MR) is 56.1 cm³/mol. The molecule has 1 fully saturated rings. The van der Waals surface area contributed by atoms with Crippen LogP contribution in [0.1, 0.15) is 36.0 Å². The molecule has 0 aromatic heterocycles. The molecule has 2 N–H and O–H groups in total. The topological polar surface area (TPSA) is 57.5 Å². The second-order valence-corrected chi connectivity index (χ2v) is 4.13. The Hall–Kier alpha value is -1.51. The summed E-state index contributed by atoms with van der Waals surface area (Å²) >= 11 is 0. The highest BCUT2D eigenvalue weighted by atomic mass is 16.3. The minimum absolute atomic E-state index is 0.0207. The average molecular weight is 206 g/mol. The summed E-state index contributed by atoms with van der Waals surface area (Å²) in [5.74, 6) is 0.315. The Bertz CT molecular complexity index is 380. The van der Waals surface area contributed by atoms with Crippen LogP contribution in [0, 0.1) is 5.92 Å². The summed E-state index contributed by atoms with van der Waals surface area (Å²) in [5, 5.41) is 18.6. The predicted octanol–water partition coefficient (Wildman–Crippen LogP) is 2.47. The molecule has 80 valence electrons.